The van der Waals surface area contributed by atoms with E-state index < -0.39 is 0 Å². The lowest BCUT2D eigenvalue weighted by molar-refractivity contribution is 0.0283. The molecule has 1 unspecified atom stereocenters. The van der Waals surface area contributed by atoms with Gasteiger partial charge in [0.1, 0.15) is 5.75 Å². The molecule has 1 N–H and O–H groups in total. The smallest absolute Gasteiger partial charge is 0.119 e. The van der Waals surface area contributed by atoms with Crippen molar-refractivity contribution in [3.63, 3.8) is 0 Å². The van der Waals surface area contributed by atoms with Gasteiger partial charge in [-0.3, -0.25) is 9.88 Å². The number of pyridine rings is 1. The monoisotopic (exact) mass is 340 g/mol. The molecular weight excluding hydrogens is 312 g/mol. The second-order valence-corrected chi connectivity index (χ2v) is 7.27. The molecule has 1 aliphatic heterocycles. The van der Waals surface area contributed by atoms with Crippen LogP contribution in [0, 0.1) is 12.3 Å². The molecule has 0 amide bonds. The maximum atomic E-state index is 10.2. The van der Waals surface area contributed by atoms with Crippen molar-refractivity contribution in [3.8, 4) is 5.75 Å². The number of likely N-dealkylation sites (tertiary alicyclic amines) is 1. The van der Waals surface area contributed by atoms with Crippen LogP contribution in [0.15, 0.2) is 42.5 Å². The van der Waals surface area contributed by atoms with Crippen molar-refractivity contribution < 1.29 is 9.84 Å². The van der Waals surface area contributed by atoms with Gasteiger partial charge in [0.05, 0.1) is 19.4 Å². The van der Waals surface area contributed by atoms with E-state index in [4.69, 9.17) is 4.74 Å². The van der Waals surface area contributed by atoms with Crippen LogP contribution in [0.1, 0.15) is 29.8 Å². The lowest BCUT2D eigenvalue weighted by Gasteiger charge is -2.42. The van der Waals surface area contributed by atoms with E-state index in [0.717, 1.165) is 56.0 Å². The molecule has 1 atom stereocenters. The largest absolute Gasteiger partial charge is 0.497 e. The van der Waals surface area contributed by atoms with Crippen LogP contribution in [-0.2, 0) is 13.0 Å². The Bertz CT molecular complexity index is 704. The number of ether oxygens (including phenoxy) is 1. The summed E-state index contributed by atoms with van der Waals surface area (Å²) in [5.74, 6) is 0.877. The average molecular weight is 340 g/mol. The van der Waals surface area contributed by atoms with Crippen LogP contribution in [0.25, 0.3) is 0 Å². The van der Waals surface area contributed by atoms with Crippen molar-refractivity contribution in [2.75, 3.05) is 26.8 Å². The minimum atomic E-state index is -0.0888. The molecule has 3 rings (SSSR count). The van der Waals surface area contributed by atoms with E-state index >= 15 is 0 Å². The molecule has 1 fully saturated rings. The van der Waals surface area contributed by atoms with Crippen LogP contribution >= 0.6 is 0 Å². The SMILES string of the molecule is COc1cccc(CC2(CO)CCCN(Cc3cccc(C)n3)C2)c1. The van der Waals surface area contributed by atoms with Crippen LogP contribution in [0.5, 0.6) is 5.75 Å². The highest BCUT2D eigenvalue weighted by molar-refractivity contribution is 5.29. The molecule has 4 heteroatoms. The third-order valence-electron chi connectivity index (χ3n) is 5.12. The Morgan fingerprint density at radius 1 is 1.24 bits per heavy atom. The number of nitrogens with zero attached hydrogens (tertiary/aromatic N) is 2. The van der Waals surface area contributed by atoms with Gasteiger partial charge in [0.15, 0.2) is 0 Å². The predicted octanol–water partition coefficient (Wildman–Crippen LogP) is 3.22. The summed E-state index contributed by atoms with van der Waals surface area (Å²) in [6.45, 7) is 5.05. The third kappa shape index (κ3) is 4.59. The molecule has 1 aromatic heterocycles. The zero-order valence-electron chi connectivity index (χ0n) is 15.2. The Hall–Kier alpha value is -1.91. The fourth-order valence-corrected chi connectivity index (χ4v) is 3.91. The number of aliphatic hydroxyl groups excluding tert-OH is 1. The van der Waals surface area contributed by atoms with Crippen molar-refractivity contribution >= 4 is 0 Å². The van der Waals surface area contributed by atoms with Crippen LogP contribution in [0.2, 0.25) is 0 Å². The average Bonchev–Trinajstić information content (AvgIpc) is 2.62. The minimum absolute atomic E-state index is 0.0888. The number of benzene rings is 1. The van der Waals surface area contributed by atoms with Gasteiger partial charge >= 0.3 is 0 Å². The summed E-state index contributed by atoms with van der Waals surface area (Å²) in [6, 6.07) is 14.4. The normalized spacial score (nSPS) is 21.2. The number of rotatable bonds is 6. The molecule has 1 aromatic carbocycles. The molecule has 0 bridgehead atoms. The lowest BCUT2D eigenvalue weighted by atomic mass is 9.75. The quantitative estimate of drug-likeness (QED) is 0.877. The number of aliphatic hydroxyl groups is 1. The molecule has 134 valence electrons. The standard InChI is InChI=1S/C21H28N2O2/c1-17-6-3-8-19(22-17)14-23-11-5-10-21(15-23,16-24)13-18-7-4-9-20(12-18)25-2/h3-4,6-9,12,24H,5,10-11,13-16H2,1-2H3. The predicted molar refractivity (Wildman–Crippen MR) is 99.7 cm³/mol. The van der Waals surface area contributed by atoms with Crippen molar-refractivity contribution in [3.05, 3.63) is 59.4 Å². The molecule has 2 heterocycles. The Morgan fingerprint density at radius 3 is 2.84 bits per heavy atom. The molecule has 1 aliphatic rings. The summed E-state index contributed by atoms with van der Waals surface area (Å²) < 4.78 is 5.34. The molecule has 0 spiro atoms. The summed E-state index contributed by atoms with van der Waals surface area (Å²) in [6.07, 6.45) is 3.03. The molecule has 25 heavy (non-hydrogen) atoms. The number of aryl methyl sites for hydroxylation is 1. The first-order valence-corrected chi connectivity index (χ1v) is 9.01. The molecule has 0 aliphatic carbocycles. The maximum absolute atomic E-state index is 10.2. The number of methoxy groups -OCH3 is 1. The zero-order valence-corrected chi connectivity index (χ0v) is 15.2. The van der Waals surface area contributed by atoms with Gasteiger partial charge in [0.2, 0.25) is 0 Å². The molecule has 0 radical (unpaired) electrons. The Morgan fingerprint density at radius 2 is 2.08 bits per heavy atom. The highest BCUT2D eigenvalue weighted by atomic mass is 16.5. The number of piperidine rings is 1. The zero-order chi connectivity index (χ0) is 17.7. The fourth-order valence-electron chi connectivity index (χ4n) is 3.91. The molecule has 2 aromatic rings. The summed E-state index contributed by atoms with van der Waals surface area (Å²) in [4.78, 5) is 7.06. The van der Waals surface area contributed by atoms with E-state index in [0.29, 0.717) is 0 Å². The first-order chi connectivity index (χ1) is 12.1. The van der Waals surface area contributed by atoms with Gasteiger partial charge in [-0.15, -0.1) is 0 Å². The topological polar surface area (TPSA) is 45.6 Å². The van der Waals surface area contributed by atoms with E-state index in [2.05, 4.69) is 34.1 Å². The molecular formula is C21H28N2O2. The third-order valence-corrected chi connectivity index (χ3v) is 5.12. The van der Waals surface area contributed by atoms with Crippen LogP contribution in [0.3, 0.4) is 0 Å². The van der Waals surface area contributed by atoms with Gasteiger partial charge in [0, 0.05) is 24.2 Å². The fraction of sp³-hybridized carbons (Fsp3) is 0.476. The second-order valence-electron chi connectivity index (χ2n) is 7.27. The first kappa shape index (κ1) is 17.9. The molecule has 0 saturated carbocycles. The van der Waals surface area contributed by atoms with Crippen LogP contribution in [-0.4, -0.2) is 41.8 Å². The van der Waals surface area contributed by atoms with E-state index in [-0.39, 0.29) is 12.0 Å². The first-order valence-electron chi connectivity index (χ1n) is 9.01. The van der Waals surface area contributed by atoms with Crippen molar-refractivity contribution in [2.45, 2.75) is 32.7 Å². The Labute approximate surface area is 150 Å². The van der Waals surface area contributed by atoms with Crippen LogP contribution < -0.4 is 4.74 Å². The van der Waals surface area contributed by atoms with E-state index in [1.54, 1.807) is 7.11 Å². The number of hydrogen-bond acceptors (Lipinski definition) is 4. The van der Waals surface area contributed by atoms with Crippen molar-refractivity contribution in [2.24, 2.45) is 5.41 Å². The Balaban J connectivity index is 1.71. The van der Waals surface area contributed by atoms with Crippen LogP contribution in [0.4, 0.5) is 0 Å². The molecule has 4 nitrogen and oxygen atoms in total. The summed E-state index contributed by atoms with van der Waals surface area (Å²) in [5.41, 5.74) is 3.30. The lowest BCUT2D eigenvalue weighted by Crippen LogP contribution is -2.46. The van der Waals surface area contributed by atoms with Gasteiger partial charge in [-0.05, 0) is 62.6 Å². The number of hydrogen-bond donors (Lipinski definition) is 1. The summed E-state index contributed by atoms with van der Waals surface area (Å²) in [7, 11) is 1.69. The summed E-state index contributed by atoms with van der Waals surface area (Å²) in [5, 5.41) is 10.2. The van der Waals surface area contributed by atoms with Gasteiger partial charge < -0.3 is 9.84 Å². The van der Waals surface area contributed by atoms with Crippen molar-refractivity contribution in [1.82, 2.24) is 9.88 Å². The van der Waals surface area contributed by atoms with Crippen molar-refractivity contribution in [1.29, 1.82) is 0 Å². The minimum Gasteiger partial charge on any atom is -0.497 e. The second kappa shape index (κ2) is 7.98. The van der Waals surface area contributed by atoms with Gasteiger partial charge in [-0.25, -0.2) is 0 Å². The highest BCUT2D eigenvalue weighted by Crippen LogP contribution is 2.34. The Kier molecular flexibility index (Phi) is 5.71. The maximum Gasteiger partial charge on any atom is 0.119 e. The summed E-state index contributed by atoms with van der Waals surface area (Å²) >= 11 is 0. The van der Waals surface area contributed by atoms with E-state index in [9.17, 15) is 5.11 Å². The van der Waals surface area contributed by atoms with Gasteiger partial charge in [-0.1, -0.05) is 18.2 Å². The molecule has 1 saturated heterocycles. The van der Waals surface area contributed by atoms with E-state index in [1.807, 2.05) is 25.1 Å². The number of aromatic nitrogens is 1. The van der Waals surface area contributed by atoms with E-state index in [1.165, 1.54) is 5.56 Å². The highest BCUT2D eigenvalue weighted by Gasteiger charge is 2.35. The van der Waals surface area contributed by atoms with Gasteiger partial charge in [-0.2, -0.15) is 0 Å². The van der Waals surface area contributed by atoms with Gasteiger partial charge in [0.25, 0.3) is 0 Å².